The molecule has 0 atom stereocenters. The van der Waals surface area contributed by atoms with Crippen LogP contribution in [0.4, 0.5) is 5.69 Å². The van der Waals surface area contributed by atoms with Gasteiger partial charge in [-0.1, -0.05) is 19.3 Å². The normalized spacial score (nSPS) is 15.5. The summed E-state index contributed by atoms with van der Waals surface area (Å²) >= 11 is 0. The number of nitro benzene ring substituents is 1. The van der Waals surface area contributed by atoms with Crippen LogP contribution in [0.25, 0.3) is 0 Å². The van der Waals surface area contributed by atoms with Crippen LogP contribution >= 0.6 is 0 Å². The molecule has 7 nitrogen and oxygen atoms in total. The lowest BCUT2D eigenvalue weighted by Crippen LogP contribution is -2.37. The van der Waals surface area contributed by atoms with Crippen LogP contribution in [0.3, 0.4) is 0 Å². The van der Waals surface area contributed by atoms with Gasteiger partial charge in [-0.2, -0.15) is 0 Å². The van der Waals surface area contributed by atoms with Gasteiger partial charge in [0.2, 0.25) is 0 Å². The number of non-ortho nitro benzene ring substituents is 1. The minimum atomic E-state index is -1.86. The average molecular weight is 292 g/mol. The van der Waals surface area contributed by atoms with Crippen molar-refractivity contribution in [2.24, 2.45) is 0 Å². The fourth-order valence-corrected chi connectivity index (χ4v) is 2.54. The summed E-state index contributed by atoms with van der Waals surface area (Å²) in [4.78, 5) is 22.4. The second-order valence-corrected chi connectivity index (χ2v) is 5.25. The molecular formula is C13H17BN2O5. The van der Waals surface area contributed by atoms with Crippen molar-refractivity contribution in [2.75, 3.05) is 0 Å². The van der Waals surface area contributed by atoms with Crippen molar-refractivity contribution in [2.45, 2.75) is 38.1 Å². The summed E-state index contributed by atoms with van der Waals surface area (Å²) < 4.78 is 0. The molecule has 0 heterocycles. The molecule has 1 saturated carbocycles. The molecule has 0 unspecified atom stereocenters. The van der Waals surface area contributed by atoms with Gasteiger partial charge in [-0.25, -0.2) is 0 Å². The highest BCUT2D eigenvalue weighted by Gasteiger charge is 2.22. The van der Waals surface area contributed by atoms with Gasteiger partial charge in [0.05, 0.1) is 4.92 Å². The molecule has 21 heavy (non-hydrogen) atoms. The van der Waals surface area contributed by atoms with Gasteiger partial charge in [0.25, 0.3) is 11.6 Å². The van der Waals surface area contributed by atoms with E-state index in [-0.39, 0.29) is 22.8 Å². The van der Waals surface area contributed by atoms with Gasteiger partial charge in [0.15, 0.2) is 0 Å². The first-order chi connectivity index (χ1) is 9.97. The van der Waals surface area contributed by atoms with Crippen LogP contribution in [-0.2, 0) is 0 Å². The molecule has 1 aliphatic rings. The lowest BCUT2D eigenvalue weighted by atomic mass is 9.79. The molecular weight excluding hydrogens is 275 g/mol. The van der Waals surface area contributed by atoms with Crippen LogP contribution in [0.1, 0.15) is 42.5 Å². The molecule has 0 aromatic heterocycles. The number of benzene rings is 1. The summed E-state index contributed by atoms with van der Waals surface area (Å²) in [6.45, 7) is 0. The summed E-state index contributed by atoms with van der Waals surface area (Å²) in [6, 6.07) is 3.52. The van der Waals surface area contributed by atoms with Gasteiger partial charge >= 0.3 is 7.12 Å². The molecule has 1 aromatic carbocycles. The Hall–Kier alpha value is -1.93. The van der Waals surface area contributed by atoms with Crippen molar-refractivity contribution < 1.29 is 19.8 Å². The first-order valence-electron chi connectivity index (χ1n) is 6.94. The fourth-order valence-electron chi connectivity index (χ4n) is 2.54. The van der Waals surface area contributed by atoms with Gasteiger partial charge < -0.3 is 15.4 Å². The van der Waals surface area contributed by atoms with E-state index in [4.69, 9.17) is 10.0 Å². The van der Waals surface area contributed by atoms with E-state index < -0.39 is 17.9 Å². The van der Waals surface area contributed by atoms with Crippen LogP contribution in [0.2, 0.25) is 0 Å². The van der Waals surface area contributed by atoms with E-state index in [2.05, 4.69) is 5.32 Å². The maximum absolute atomic E-state index is 12.2. The van der Waals surface area contributed by atoms with Crippen LogP contribution in [0, 0.1) is 10.1 Å². The number of hydrogen-bond donors (Lipinski definition) is 3. The molecule has 0 spiro atoms. The number of nitrogens with zero attached hydrogens (tertiary/aromatic N) is 1. The van der Waals surface area contributed by atoms with Gasteiger partial charge in [-0.3, -0.25) is 14.9 Å². The van der Waals surface area contributed by atoms with Gasteiger partial charge in [0, 0.05) is 23.7 Å². The van der Waals surface area contributed by atoms with E-state index in [1.165, 1.54) is 6.07 Å². The quantitative estimate of drug-likeness (QED) is 0.420. The third-order valence-corrected chi connectivity index (χ3v) is 3.65. The highest BCUT2D eigenvalue weighted by atomic mass is 16.6. The predicted molar refractivity (Wildman–Crippen MR) is 77.3 cm³/mol. The van der Waals surface area contributed by atoms with Crippen molar-refractivity contribution in [3.63, 3.8) is 0 Å². The number of carbonyl (C=O) groups is 1. The summed E-state index contributed by atoms with van der Waals surface area (Å²) in [6.07, 6.45) is 5.07. The second-order valence-electron chi connectivity index (χ2n) is 5.25. The van der Waals surface area contributed by atoms with Crippen LogP contribution in [0.5, 0.6) is 0 Å². The summed E-state index contributed by atoms with van der Waals surface area (Å²) in [7, 11) is -1.86. The Morgan fingerprint density at radius 3 is 2.48 bits per heavy atom. The van der Waals surface area contributed by atoms with Crippen molar-refractivity contribution in [3.05, 3.63) is 33.9 Å². The maximum Gasteiger partial charge on any atom is 0.488 e. The molecule has 1 fully saturated rings. The molecule has 0 radical (unpaired) electrons. The Morgan fingerprint density at radius 2 is 1.90 bits per heavy atom. The lowest BCUT2D eigenvalue weighted by Gasteiger charge is -2.22. The minimum Gasteiger partial charge on any atom is -0.423 e. The molecule has 0 bridgehead atoms. The van der Waals surface area contributed by atoms with E-state index in [1.54, 1.807) is 0 Å². The van der Waals surface area contributed by atoms with E-state index in [0.29, 0.717) is 0 Å². The van der Waals surface area contributed by atoms with E-state index in [0.717, 1.165) is 44.2 Å². The average Bonchev–Trinajstić information content (AvgIpc) is 2.47. The Bertz CT molecular complexity index is 543. The summed E-state index contributed by atoms with van der Waals surface area (Å²) in [5.74, 6) is -0.424. The van der Waals surface area contributed by atoms with E-state index in [9.17, 15) is 14.9 Å². The third-order valence-electron chi connectivity index (χ3n) is 3.65. The highest BCUT2D eigenvalue weighted by molar-refractivity contribution is 6.58. The molecule has 3 N–H and O–H groups in total. The molecule has 1 aromatic rings. The molecule has 1 amide bonds. The van der Waals surface area contributed by atoms with Gasteiger partial charge in [-0.05, 0) is 24.4 Å². The lowest BCUT2D eigenvalue weighted by molar-refractivity contribution is -0.384. The zero-order valence-electron chi connectivity index (χ0n) is 11.5. The van der Waals surface area contributed by atoms with Gasteiger partial charge in [0.1, 0.15) is 0 Å². The smallest absolute Gasteiger partial charge is 0.423 e. The molecule has 8 heteroatoms. The largest absolute Gasteiger partial charge is 0.488 e. The predicted octanol–water partition coefficient (Wildman–Crippen LogP) is 0.337. The zero-order valence-corrected chi connectivity index (χ0v) is 11.5. The van der Waals surface area contributed by atoms with Crippen molar-refractivity contribution in [1.29, 1.82) is 0 Å². The Kier molecular flexibility index (Phi) is 4.92. The number of hydrogen-bond acceptors (Lipinski definition) is 5. The van der Waals surface area contributed by atoms with Crippen molar-refractivity contribution in [1.82, 2.24) is 5.32 Å². The first kappa shape index (κ1) is 15.5. The Morgan fingerprint density at radius 1 is 1.24 bits per heavy atom. The third kappa shape index (κ3) is 4.02. The minimum absolute atomic E-state index is 0.0675. The van der Waals surface area contributed by atoms with Crippen molar-refractivity contribution in [3.8, 4) is 0 Å². The molecule has 112 valence electrons. The number of carbonyl (C=O) groups excluding carboxylic acids is 1. The van der Waals surface area contributed by atoms with Gasteiger partial charge in [-0.15, -0.1) is 0 Å². The monoisotopic (exact) mass is 292 g/mol. The Labute approximate surface area is 122 Å². The SMILES string of the molecule is O=C(NC1CCCCC1)c1cc(B(O)O)cc([N+](=O)[O-])c1. The number of rotatable bonds is 4. The summed E-state index contributed by atoms with van der Waals surface area (Å²) in [5.41, 5.74) is -0.342. The standard InChI is InChI=1S/C13H17BN2O5/c17-13(15-11-4-2-1-3-5-11)9-6-10(14(18)19)8-12(7-9)16(20)21/h6-8,11,18-19H,1-5H2,(H,15,17). The summed E-state index contributed by atoms with van der Waals surface area (Å²) in [5, 5.41) is 32.0. The van der Waals surface area contributed by atoms with Crippen LogP contribution in [-0.4, -0.2) is 34.0 Å². The zero-order chi connectivity index (χ0) is 15.4. The first-order valence-corrected chi connectivity index (χ1v) is 6.94. The molecule has 2 rings (SSSR count). The number of nitro groups is 1. The van der Waals surface area contributed by atoms with E-state index >= 15 is 0 Å². The van der Waals surface area contributed by atoms with Crippen LogP contribution in [0.15, 0.2) is 18.2 Å². The molecule has 1 aliphatic carbocycles. The molecule has 0 aliphatic heterocycles. The van der Waals surface area contributed by atoms with E-state index in [1.807, 2.05) is 0 Å². The Balaban J connectivity index is 2.20. The number of amides is 1. The maximum atomic E-state index is 12.2. The highest BCUT2D eigenvalue weighted by Crippen LogP contribution is 2.18. The number of nitrogens with one attached hydrogen (secondary N) is 1. The fraction of sp³-hybridized carbons (Fsp3) is 0.462. The molecule has 0 saturated heterocycles. The topological polar surface area (TPSA) is 113 Å². The second kappa shape index (κ2) is 6.69. The van der Waals surface area contributed by atoms with Crippen LogP contribution < -0.4 is 10.8 Å². The van der Waals surface area contributed by atoms with Crippen molar-refractivity contribution >= 4 is 24.2 Å².